The minimum atomic E-state index is -0.0481. The third kappa shape index (κ3) is 3.54. The molecule has 0 aliphatic carbocycles. The third-order valence-electron chi connectivity index (χ3n) is 3.19. The number of rotatable bonds is 5. The molecule has 1 atom stereocenters. The molecule has 1 unspecified atom stereocenters. The summed E-state index contributed by atoms with van der Waals surface area (Å²) in [5.41, 5.74) is 0. The van der Waals surface area contributed by atoms with Crippen LogP contribution in [0.1, 0.15) is 24.6 Å². The second-order valence-corrected chi connectivity index (χ2v) is 5.57. The van der Waals surface area contributed by atoms with Gasteiger partial charge < -0.3 is 10.2 Å². The predicted octanol–water partition coefficient (Wildman–Crippen LogP) is 1.89. The highest BCUT2D eigenvalue weighted by Gasteiger charge is 2.22. The van der Waals surface area contributed by atoms with E-state index in [1.54, 1.807) is 11.3 Å². The van der Waals surface area contributed by atoms with Crippen molar-refractivity contribution in [3.05, 3.63) is 22.4 Å². The minimum Gasteiger partial charge on any atom is -0.341 e. The van der Waals surface area contributed by atoms with E-state index >= 15 is 0 Å². The van der Waals surface area contributed by atoms with E-state index < -0.39 is 0 Å². The minimum absolute atomic E-state index is 0.0481. The molecule has 1 aromatic heterocycles. The molecule has 0 spiro atoms. The van der Waals surface area contributed by atoms with E-state index in [0.29, 0.717) is 0 Å². The molecule has 2 heterocycles. The molecule has 0 saturated carbocycles. The number of hydrogen-bond donors (Lipinski definition) is 1. The normalized spacial score (nSPS) is 17.4. The fraction of sp³-hybridized carbons (Fsp3) is 0.615. The molecule has 94 valence electrons. The van der Waals surface area contributed by atoms with Crippen LogP contribution in [0.15, 0.2) is 17.5 Å². The van der Waals surface area contributed by atoms with Crippen molar-refractivity contribution in [1.82, 2.24) is 10.2 Å². The van der Waals surface area contributed by atoms with Crippen molar-refractivity contribution in [2.24, 2.45) is 0 Å². The quantitative estimate of drug-likeness (QED) is 0.868. The SMILES string of the molecule is CC(NCCc1cccs1)C(=O)N1CCCC1. The molecule has 4 heteroatoms. The van der Waals surface area contributed by atoms with Crippen molar-refractivity contribution >= 4 is 17.2 Å². The first kappa shape index (κ1) is 12.6. The Morgan fingerprint density at radius 2 is 2.29 bits per heavy atom. The summed E-state index contributed by atoms with van der Waals surface area (Å²) in [7, 11) is 0. The lowest BCUT2D eigenvalue weighted by Gasteiger charge is -2.21. The van der Waals surface area contributed by atoms with Crippen LogP contribution in [0.25, 0.3) is 0 Å². The average molecular weight is 252 g/mol. The number of carbonyl (C=O) groups is 1. The van der Waals surface area contributed by atoms with Crippen LogP contribution >= 0.6 is 11.3 Å². The zero-order valence-electron chi connectivity index (χ0n) is 10.3. The van der Waals surface area contributed by atoms with Crippen LogP contribution in [0, 0.1) is 0 Å². The van der Waals surface area contributed by atoms with E-state index in [1.807, 2.05) is 11.8 Å². The van der Waals surface area contributed by atoms with Gasteiger partial charge in [-0.2, -0.15) is 0 Å². The maximum atomic E-state index is 12.0. The number of thiophene rings is 1. The Morgan fingerprint density at radius 3 is 2.94 bits per heavy atom. The van der Waals surface area contributed by atoms with Gasteiger partial charge >= 0.3 is 0 Å². The molecule has 1 N–H and O–H groups in total. The lowest BCUT2D eigenvalue weighted by molar-refractivity contribution is -0.131. The van der Waals surface area contributed by atoms with Gasteiger partial charge in [0.05, 0.1) is 6.04 Å². The molecule has 2 rings (SSSR count). The zero-order valence-corrected chi connectivity index (χ0v) is 11.1. The van der Waals surface area contributed by atoms with Gasteiger partial charge in [0.1, 0.15) is 0 Å². The molecule has 0 aromatic carbocycles. The van der Waals surface area contributed by atoms with E-state index in [0.717, 1.165) is 38.9 Å². The van der Waals surface area contributed by atoms with E-state index in [9.17, 15) is 4.79 Å². The van der Waals surface area contributed by atoms with Crippen LogP contribution in [-0.4, -0.2) is 36.5 Å². The monoisotopic (exact) mass is 252 g/mol. The summed E-state index contributed by atoms with van der Waals surface area (Å²) in [6.45, 7) is 4.72. The molecule has 0 radical (unpaired) electrons. The van der Waals surface area contributed by atoms with Crippen molar-refractivity contribution < 1.29 is 4.79 Å². The average Bonchev–Trinajstić information content (AvgIpc) is 3.00. The Labute approximate surface area is 107 Å². The van der Waals surface area contributed by atoms with Crippen molar-refractivity contribution in [3.63, 3.8) is 0 Å². The Balaban J connectivity index is 1.69. The summed E-state index contributed by atoms with van der Waals surface area (Å²) < 4.78 is 0. The Morgan fingerprint density at radius 1 is 1.53 bits per heavy atom. The number of carbonyl (C=O) groups excluding carboxylic acids is 1. The van der Waals surface area contributed by atoms with Crippen molar-refractivity contribution in [3.8, 4) is 0 Å². The largest absolute Gasteiger partial charge is 0.341 e. The van der Waals surface area contributed by atoms with E-state index in [2.05, 4.69) is 22.8 Å². The number of likely N-dealkylation sites (tertiary alicyclic amines) is 1. The Hall–Kier alpha value is -0.870. The maximum absolute atomic E-state index is 12.0. The molecule has 1 aromatic rings. The summed E-state index contributed by atoms with van der Waals surface area (Å²) in [4.78, 5) is 15.4. The van der Waals surface area contributed by atoms with Crippen LogP contribution < -0.4 is 5.32 Å². The lowest BCUT2D eigenvalue weighted by Crippen LogP contribution is -2.44. The fourth-order valence-corrected chi connectivity index (χ4v) is 2.87. The fourth-order valence-electron chi connectivity index (χ4n) is 2.17. The van der Waals surface area contributed by atoms with Gasteiger partial charge in [0, 0.05) is 24.5 Å². The maximum Gasteiger partial charge on any atom is 0.239 e. The second kappa shape index (κ2) is 6.17. The van der Waals surface area contributed by atoms with Gasteiger partial charge in [-0.3, -0.25) is 4.79 Å². The second-order valence-electron chi connectivity index (χ2n) is 4.54. The van der Waals surface area contributed by atoms with Gasteiger partial charge in [0.25, 0.3) is 0 Å². The smallest absolute Gasteiger partial charge is 0.239 e. The summed E-state index contributed by atoms with van der Waals surface area (Å²) in [5, 5.41) is 5.40. The first-order valence-corrected chi connectivity index (χ1v) is 7.20. The Kier molecular flexibility index (Phi) is 4.57. The van der Waals surface area contributed by atoms with E-state index in [1.165, 1.54) is 4.88 Å². The molecule has 1 fully saturated rings. The lowest BCUT2D eigenvalue weighted by atomic mass is 10.2. The van der Waals surface area contributed by atoms with E-state index in [-0.39, 0.29) is 11.9 Å². The Bertz CT molecular complexity index is 344. The number of hydrogen-bond acceptors (Lipinski definition) is 3. The number of amides is 1. The van der Waals surface area contributed by atoms with Gasteiger partial charge in [-0.1, -0.05) is 6.07 Å². The molecular weight excluding hydrogens is 232 g/mol. The van der Waals surface area contributed by atoms with Crippen LogP contribution in [0.2, 0.25) is 0 Å². The summed E-state index contributed by atoms with van der Waals surface area (Å²) in [6.07, 6.45) is 3.33. The van der Waals surface area contributed by atoms with Crippen LogP contribution in [0.4, 0.5) is 0 Å². The van der Waals surface area contributed by atoms with Crippen molar-refractivity contribution in [2.45, 2.75) is 32.2 Å². The topological polar surface area (TPSA) is 32.3 Å². The summed E-state index contributed by atoms with van der Waals surface area (Å²) >= 11 is 1.77. The molecule has 0 bridgehead atoms. The zero-order chi connectivity index (χ0) is 12.1. The van der Waals surface area contributed by atoms with E-state index in [4.69, 9.17) is 0 Å². The molecule has 1 aliphatic rings. The molecule has 1 amide bonds. The van der Waals surface area contributed by atoms with Gasteiger partial charge in [0.2, 0.25) is 5.91 Å². The first-order valence-electron chi connectivity index (χ1n) is 6.32. The highest BCUT2D eigenvalue weighted by molar-refractivity contribution is 7.09. The molecule has 17 heavy (non-hydrogen) atoms. The van der Waals surface area contributed by atoms with Gasteiger partial charge in [-0.15, -0.1) is 11.3 Å². The number of nitrogens with one attached hydrogen (secondary N) is 1. The molecule has 1 saturated heterocycles. The summed E-state index contributed by atoms with van der Waals surface area (Å²) in [6, 6.07) is 4.16. The van der Waals surface area contributed by atoms with Gasteiger partial charge in [0.15, 0.2) is 0 Å². The standard InChI is InChI=1S/C13H20N2OS/c1-11(13(16)15-8-2-3-9-15)14-7-6-12-5-4-10-17-12/h4-5,10-11,14H,2-3,6-9H2,1H3. The van der Waals surface area contributed by atoms with Gasteiger partial charge in [-0.05, 0) is 37.6 Å². The molecule has 1 aliphatic heterocycles. The third-order valence-corrected chi connectivity index (χ3v) is 4.13. The molecule has 3 nitrogen and oxygen atoms in total. The van der Waals surface area contributed by atoms with Crippen LogP contribution in [0.5, 0.6) is 0 Å². The van der Waals surface area contributed by atoms with Crippen molar-refractivity contribution in [1.29, 1.82) is 0 Å². The highest BCUT2D eigenvalue weighted by atomic mass is 32.1. The number of nitrogens with zero attached hydrogens (tertiary/aromatic N) is 1. The first-order chi connectivity index (χ1) is 8.27. The summed E-state index contributed by atoms with van der Waals surface area (Å²) in [5.74, 6) is 0.258. The van der Waals surface area contributed by atoms with Crippen LogP contribution in [0.3, 0.4) is 0 Å². The van der Waals surface area contributed by atoms with Gasteiger partial charge in [-0.25, -0.2) is 0 Å². The highest BCUT2D eigenvalue weighted by Crippen LogP contribution is 2.10. The molecular formula is C13H20N2OS. The van der Waals surface area contributed by atoms with Crippen LogP contribution in [-0.2, 0) is 11.2 Å². The van der Waals surface area contributed by atoms with Crippen molar-refractivity contribution in [2.75, 3.05) is 19.6 Å². The predicted molar refractivity (Wildman–Crippen MR) is 71.3 cm³/mol.